The van der Waals surface area contributed by atoms with Crippen LogP contribution in [0.15, 0.2) is 59.3 Å². The lowest BCUT2D eigenvalue weighted by molar-refractivity contribution is 0.0784. The minimum absolute atomic E-state index is 0.214. The predicted octanol–water partition coefficient (Wildman–Crippen LogP) is 4.20. The second-order valence-corrected chi connectivity index (χ2v) is 9.72. The summed E-state index contributed by atoms with van der Waals surface area (Å²) in [5.41, 5.74) is 3.64. The van der Waals surface area contributed by atoms with Gasteiger partial charge in [0.1, 0.15) is 11.9 Å². The van der Waals surface area contributed by atoms with Crippen LogP contribution in [-0.2, 0) is 4.74 Å². The number of piperidine rings is 1. The Labute approximate surface area is 213 Å². The molecule has 1 aliphatic heterocycles. The molecule has 0 saturated carbocycles. The highest BCUT2D eigenvalue weighted by Crippen LogP contribution is 2.29. The van der Waals surface area contributed by atoms with Gasteiger partial charge in [-0.2, -0.15) is 16.4 Å². The Bertz CT molecular complexity index is 1280. The second-order valence-electron chi connectivity index (χ2n) is 8.94. The number of nitrogens with zero attached hydrogens (tertiary/aromatic N) is 2. The number of likely N-dealkylation sites (tertiary alicyclic amines) is 1. The van der Waals surface area contributed by atoms with Crippen molar-refractivity contribution in [3.8, 4) is 17.0 Å². The van der Waals surface area contributed by atoms with Gasteiger partial charge in [-0.05, 0) is 72.1 Å². The number of nitrogens with one attached hydrogen (secondary N) is 2. The Balaban J connectivity index is 1.25. The van der Waals surface area contributed by atoms with Crippen molar-refractivity contribution in [2.45, 2.75) is 25.2 Å². The molecule has 3 heterocycles. The lowest BCUT2D eigenvalue weighted by Gasteiger charge is -2.31. The van der Waals surface area contributed by atoms with Crippen molar-refractivity contribution >= 4 is 28.1 Å². The maximum Gasteiger partial charge on any atom is 0.253 e. The zero-order valence-electron chi connectivity index (χ0n) is 20.1. The van der Waals surface area contributed by atoms with E-state index >= 15 is 0 Å². The van der Waals surface area contributed by atoms with Gasteiger partial charge in [-0.15, -0.1) is 0 Å². The third-order valence-corrected chi connectivity index (χ3v) is 7.23. The van der Waals surface area contributed by atoms with Gasteiger partial charge in [-0.1, -0.05) is 0 Å². The number of thiophene rings is 1. The Morgan fingerprint density at radius 2 is 2.03 bits per heavy atom. The van der Waals surface area contributed by atoms with Crippen LogP contribution in [0.5, 0.6) is 5.75 Å². The number of aliphatic hydroxyl groups excluding tert-OH is 1. The van der Waals surface area contributed by atoms with Crippen LogP contribution < -0.4 is 10.1 Å². The van der Waals surface area contributed by atoms with E-state index < -0.39 is 6.23 Å². The first-order chi connectivity index (χ1) is 17.6. The lowest BCUT2D eigenvalue weighted by Crippen LogP contribution is -2.39. The standard InChI is InChI=1S/C27H30N4O4S/c1-34-14-13-31-11-8-22(9-12-31)35-21-5-2-18(3-6-21)25-23-16-19(4-7-24(23)29-30-25)26(32)28-27(33)20-10-15-36-17-20/h2-7,10,15-17,22,27,33H,8-9,11-14H2,1H3,(H,28,32)(H,29,30)/t27-/m0/s1. The van der Waals surface area contributed by atoms with Crippen molar-refractivity contribution in [2.24, 2.45) is 0 Å². The molecule has 0 aliphatic carbocycles. The highest BCUT2D eigenvalue weighted by Gasteiger charge is 2.20. The van der Waals surface area contributed by atoms with E-state index in [1.54, 1.807) is 25.3 Å². The van der Waals surface area contributed by atoms with Gasteiger partial charge in [0.25, 0.3) is 5.91 Å². The molecule has 36 heavy (non-hydrogen) atoms. The van der Waals surface area contributed by atoms with E-state index in [1.165, 1.54) is 11.3 Å². The topological polar surface area (TPSA) is 99.7 Å². The molecule has 1 fully saturated rings. The van der Waals surface area contributed by atoms with Crippen LogP contribution in [-0.4, -0.2) is 65.6 Å². The van der Waals surface area contributed by atoms with E-state index in [9.17, 15) is 9.90 Å². The Hall–Kier alpha value is -3.24. The molecule has 0 unspecified atom stereocenters. The zero-order valence-corrected chi connectivity index (χ0v) is 21.0. The second kappa shape index (κ2) is 11.2. The molecule has 4 aromatic rings. The van der Waals surface area contributed by atoms with Gasteiger partial charge < -0.3 is 24.8 Å². The monoisotopic (exact) mass is 506 g/mol. The van der Waals surface area contributed by atoms with Gasteiger partial charge in [0.05, 0.1) is 17.8 Å². The molecule has 1 saturated heterocycles. The molecule has 1 aliphatic rings. The number of hydrogen-bond donors (Lipinski definition) is 3. The first kappa shape index (κ1) is 24.5. The third kappa shape index (κ3) is 5.60. The minimum atomic E-state index is -1.05. The maximum absolute atomic E-state index is 12.7. The van der Waals surface area contributed by atoms with Gasteiger partial charge in [0, 0.05) is 48.8 Å². The molecule has 1 atom stereocenters. The summed E-state index contributed by atoms with van der Waals surface area (Å²) in [5, 5.41) is 24.9. The number of rotatable bonds is 9. The van der Waals surface area contributed by atoms with Crippen molar-refractivity contribution in [3.63, 3.8) is 0 Å². The Morgan fingerprint density at radius 1 is 1.22 bits per heavy atom. The van der Waals surface area contributed by atoms with Crippen LogP contribution in [0.4, 0.5) is 0 Å². The molecule has 2 aromatic carbocycles. The van der Waals surface area contributed by atoms with Crippen molar-refractivity contribution in [3.05, 3.63) is 70.4 Å². The van der Waals surface area contributed by atoms with Crippen LogP contribution in [0.3, 0.4) is 0 Å². The number of carbonyl (C=O) groups is 1. The van der Waals surface area contributed by atoms with Gasteiger partial charge in [-0.25, -0.2) is 0 Å². The number of carbonyl (C=O) groups excluding carboxylic acids is 1. The van der Waals surface area contributed by atoms with Crippen LogP contribution in [0.2, 0.25) is 0 Å². The van der Waals surface area contributed by atoms with E-state index in [0.29, 0.717) is 11.1 Å². The smallest absolute Gasteiger partial charge is 0.253 e. The molecule has 9 heteroatoms. The number of aromatic amines is 1. The Kier molecular flexibility index (Phi) is 7.62. The lowest BCUT2D eigenvalue weighted by atomic mass is 10.0. The number of aliphatic hydroxyl groups is 1. The van der Waals surface area contributed by atoms with Gasteiger partial charge in [-0.3, -0.25) is 9.89 Å². The van der Waals surface area contributed by atoms with E-state index in [0.717, 1.165) is 67.0 Å². The number of aromatic nitrogens is 2. The number of amides is 1. The summed E-state index contributed by atoms with van der Waals surface area (Å²) < 4.78 is 11.4. The van der Waals surface area contributed by atoms with Gasteiger partial charge in [0.15, 0.2) is 6.23 Å². The quantitative estimate of drug-likeness (QED) is 0.294. The average Bonchev–Trinajstić information content (AvgIpc) is 3.59. The summed E-state index contributed by atoms with van der Waals surface area (Å²) in [6.45, 7) is 3.77. The van der Waals surface area contributed by atoms with Crippen molar-refractivity contribution in [1.82, 2.24) is 20.4 Å². The number of methoxy groups -OCH3 is 1. The normalized spacial score (nSPS) is 15.7. The average molecular weight is 507 g/mol. The Morgan fingerprint density at radius 3 is 2.75 bits per heavy atom. The fourth-order valence-corrected chi connectivity index (χ4v) is 5.13. The van der Waals surface area contributed by atoms with E-state index in [4.69, 9.17) is 9.47 Å². The molecule has 0 bridgehead atoms. The fraction of sp³-hybridized carbons (Fsp3) is 0.333. The molecular formula is C27H30N4O4S. The van der Waals surface area contributed by atoms with Gasteiger partial charge >= 0.3 is 0 Å². The number of benzene rings is 2. The van der Waals surface area contributed by atoms with Crippen molar-refractivity contribution in [2.75, 3.05) is 33.4 Å². The van der Waals surface area contributed by atoms with Crippen LogP contribution in [0.25, 0.3) is 22.2 Å². The fourth-order valence-electron chi connectivity index (χ4n) is 4.45. The molecule has 1 amide bonds. The molecular weight excluding hydrogens is 476 g/mol. The zero-order chi connectivity index (χ0) is 24.9. The van der Waals surface area contributed by atoms with Crippen molar-refractivity contribution < 1.29 is 19.4 Å². The summed E-state index contributed by atoms with van der Waals surface area (Å²) in [6, 6.07) is 15.1. The molecule has 3 N–H and O–H groups in total. The first-order valence-electron chi connectivity index (χ1n) is 12.1. The highest BCUT2D eigenvalue weighted by atomic mass is 32.1. The summed E-state index contributed by atoms with van der Waals surface area (Å²) in [6.07, 6.45) is 1.17. The third-order valence-electron chi connectivity index (χ3n) is 6.53. The largest absolute Gasteiger partial charge is 0.490 e. The highest BCUT2D eigenvalue weighted by molar-refractivity contribution is 7.07. The van der Waals surface area contributed by atoms with E-state index in [2.05, 4.69) is 20.4 Å². The number of H-pyrrole nitrogens is 1. The summed E-state index contributed by atoms with van der Waals surface area (Å²) in [4.78, 5) is 15.2. The van der Waals surface area contributed by atoms with E-state index in [-0.39, 0.29) is 12.0 Å². The first-order valence-corrected chi connectivity index (χ1v) is 13.0. The predicted molar refractivity (Wildman–Crippen MR) is 140 cm³/mol. The number of hydrogen-bond acceptors (Lipinski definition) is 7. The number of ether oxygens (including phenoxy) is 2. The van der Waals surface area contributed by atoms with Crippen LogP contribution in [0.1, 0.15) is 35.0 Å². The van der Waals surface area contributed by atoms with E-state index in [1.807, 2.05) is 41.1 Å². The summed E-state index contributed by atoms with van der Waals surface area (Å²) >= 11 is 1.47. The number of fused-ring (bicyclic) bond motifs is 1. The van der Waals surface area contributed by atoms with Crippen LogP contribution in [0, 0.1) is 0 Å². The van der Waals surface area contributed by atoms with Crippen LogP contribution >= 0.6 is 11.3 Å². The molecule has 5 rings (SSSR count). The van der Waals surface area contributed by atoms with Gasteiger partial charge in [0.2, 0.25) is 0 Å². The molecule has 2 aromatic heterocycles. The summed E-state index contributed by atoms with van der Waals surface area (Å²) in [5.74, 6) is 0.496. The molecule has 0 radical (unpaired) electrons. The maximum atomic E-state index is 12.7. The SMILES string of the molecule is COCCN1CCC(Oc2ccc(-c3n[nH]c4ccc(C(=O)N[C@@H](O)c5ccsc5)cc34)cc2)CC1. The molecule has 8 nitrogen and oxygen atoms in total. The van der Waals surface area contributed by atoms with Crippen molar-refractivity contribution in [1.29, 1.82) is 0 Å². The summed E-state index contributed by atoms with van der Waals surface area (Å²) in [7, 11) is 1.74. The minimum Gasteiger partial charge on any atom is -0.490 e. The molecule has 188 valence electrons. The molecule has 0 spiro atoms.